The molecule has 0 saturated carbocycles. The van der Waals surface area contributed by atoms with E-state index in [0.29, 0.717) is 6.42 Å². The molecule has 4 nitrogen and oxygen atoms in total. The van der Waals surface area contributed by atoms with Crippen molar-refractivity contribution in [2.45, 2.75) is 45.6 Å². The Kier molecular flexibility index (Phi) is 4.68. The zero-order valence-corrected chi connectivity index (χ0v) is 12.4. The fourth-order valence-corrected chi connectivity index (χ4v) is 2.03. The van der Waals surface area contributed by atoms with Crippen LogP contribution in [0.4, 0.5) is 0 Å². The molecule has 0 aliphatic rings. The number of rotatable bonds is 6. The van der Waals surface area contributed by atoms with E-state index < -0.39 is 5.54 Å². The van der Waals surface area contributed by atoms with E-state index in [0.717, 1.165) is 24.2 Å². The fraction of sp³-hybridized carbons (Fsp3) is 0.714. The third kappa shape index (κ3) is 2.80. The van der Waals surface area contributed by atoms with Crippen LogP contribution in [0, 0.1) is 0 Å². The van der Waals surface area contributed by atoms with E-state index >= 15 is 0 Å². The highest BCUT2D eigenvalue weighted by Gasteiger charge is 2.33. The minimum Gasteiger partial charge on any atom is -0.297 e. The Balaban J connectivity index is 2.89. The maximum atomic E-state index is 12.5. The quantitative estimate of drug-likeness (QED) is 0.774. The summed E-state index contributed by atoms with van der Waals surface area (Å²) in [5, 5.41) is 4.39. The van der Waals surface area contributed by atoms with Crippen LogP contribution < -0.4 is 0 Å². The van der Waals surface area contributed by atoms with Gasteiger partial charge < -0.3 is 0 Å². The van der Waals surface area contributed by atoms with E-state index in [1.807, 2.05) is 43.7 Å². The van der Waals surface area contributed by atoms with E-state index in [-0.39, 0.29) is 5.78 Å². The van der Waals surface area contributed by atoms with Crippen LogP contribution in [0.25, 0.3) is 0 Å². The molecule has 1 unspecified atom stereocenters. The summed E-state index contributed by atoms with van der Waals surface area (Å²) >= 11 is 0. The molecule has 4 heteroatoms. The Morgan fingerprint density at radius 1 is 1.44 bits per heavy atom. The van der Waals surface area contributed by atoms with Crippen molar-refractivity contribution in [3.63, 3.8) is 0 Å². The lowest BCUT2D eigenvalue weighted by molar-refractivity contribution is -0.128. The van der Waals surface area contributed by atoms with Gasteiger partial charge in [0.05, 0.1) is 17.7 Å². The monoisotopic (exact) mass is 251 g/mol. The first-order chi connectivity index (χ1) is 8.35. The Bertz CT molecular complexity index is 423. The second-order valence-electron chi connectivity index (χ2n) is 5.23. The number of aromatic nitrogens is 2. The van der Waals surface area contributed by atoms with Gasteiger partial charge in [-0.2, -0.15) is 5.10 Å². The van der Waals surface area contributed by atoms with Crippen molar-refractivity contribution in [3.8, 4) is 0 Å². The average Bonchev–Trinajstić information content (AvgIpc) is 2.68. The van der Waals surface area contributed by atoms with Gasteiger partial charge in [-0.05, 0) is 39.9 Å². The number of likely N-dealkylation sites (N-methyl/N-ethyl adjacent to an activating group) is 1. The number of carbonyl (C=O) groups excluding carboxylic acids is 1. The molecule has 0 bridgehead atoms. The van der Waals surface area contributed by atoms with Gasteiger partial charge in [0.25, 0.3) is 0 Å². The molecule has 0 amide bonds. The molecule has 0 spiro atoms. The number of aryl methyl sites for hydroxylation is 2. The molecule has 18 heavy (non-hydrogen) atoms. The Morgan fingerprint density at radius 3 is 2.44 bits per heavy atom. The molecule has 1 aromatic rings. The summed E-state index contributed by atoms with van der Waals surface area (Å²) in [6.45, 7) is 6.13. The molecule has 0 fully saturated rings. The van der Waals surface area contributed by atoms with Gasteiger partial charge in [-0.3, -0.25) is 14.4 Å². The van der Waals surface area contributed by atoms with Crippen LogP contribution in [-0.4, -0.2) is 40.1 Å². The Hall–Kier alpha value is -1.16. The van der Waals surface area contributed by atoms with E-state index in [9.17, 15) is 4.79 Å². The summed E-state index contributed by atoms with van der Waals surface area (Å²) in [6.07, 6.45) is 2.17. The van der Waals surface area contributed by atoms with Crippen molar-refractivity contribution in [3.05, 3.63) is 17.5 Å². The lowest BCUT2D eigenvalue weighted by atomic mass is 9.89. The maximum Gasteiger partial charge on any atom is 0.158 e. The van der Waals surface area contributed by atoms with Gasteiger partial charge in [0.2, 0.25) is 0 Å². The SMILES string of the molecule is CCc1cc(CC(=O)C(C)(CC)N(C)C)n(C)n1. The van der Waals surface area contributed by atoms with Gasteiger partial charge in [0.1, 0.15) is 0 Å². The highest BCUT2D eigenvalue weighted by Crippen LogP contribution is 2.20. The molecule has 0 aliphatic heterocycles. The highest BCUT2D eigenvalue weighted by molar-refractivity contribution is 5.89. The zero-order valence-electron chi connectivity index (χ0n) is 12.4. The molecule has 1 rings (SSSR count). The molecule has 102 valence electrons. The Morgan fingerprint density at radius 2 is 2.06 bits per heavy atom. The fourth-order valence-electron chi connectivity index (χ4n) is 2.03. The van der Waals surface area contributed by atoms with Gasteiger partial charge in [0, 0.05) is 12.7 Å². The minimum absolute atomic E-state index is 0.251. The predicted molar refractivity (Wildman–Crippen MR) is 73.7 cm³/mol. The molecule has 1 atom stereocenters. The van der Waals surface area contributed by atoms with Crippen LogP contribution in [0.1, 0.15) is 38.6 Å². The first-order valence-electron chi connectivity index (χ1n) is 6.57. The first-order valence-corrected chi connectivity index (χ1v) is 6.57. The topological polar surface area (TPSA) is 38.1 Å². The summed E-state index contributed by atoms with van der Waals surface area (Å²) in [6, 6.07) is 2.03. The molecule has 0 radical (unpaired) electrons. The minimum atomic E-state index is -0.392. The summed E-state index contributed by atoms with van der Waals surface area (Å²) in [7, 11) is 5.82. The number of hydrogen-bond donors (Lipinski definition) is 0. The third-order valence-electron chi connectivity index (χ3n) is 4.01. The highest BCUT2D eigenvalue weighted by atomic mass is 16.1. The van der Waals surface area contributed by atoms with Crippen molar-refractivity contribution in [1.82, 2.24) is 14.7 Å². The largest absolute Gasteiger partial charge is 0.297 e. The van der Waals surface area contributed by atoms with Crippen LogP contribution in [0.3, 0.4) is 0 Å². The zero-order chi connectivity index (χ0) is 13.9. The van der Waals surface area contributed by atoms with Crippen molar-refractivity contribution >= 4 is 5.78 Å². The number of nitrogens with zero attached hydrogens (tertiary/aromatic N) is 3. The number of hydrogen-bond acceptors (Lipinski definition) is 3. The summed E-state index contributed by atoms with van der Waals surface area (Å²) in [5.74, 6) is 0.251. The average molecular weight is 251 g/mol. The van der Waals surface area contributed by atoms with Crippen LogP contribution >= 0.6 is 0 Å². The van der Waals surface area contributed by atoms with Crippen molar-refractivity contribution < 1.29 is 4.79 Å². The van der Waals surface area contributed by atoms with E-state index in [1.54, 1.807) is 0 Å². The van der Waals surface area contributed by atoms with E-state index in [1.165, 1.54) is 0 Å². The molecular formula is C14H25N3O. The summed E-state index contributed by atoms with van der Waals surface area (Å²) in [4.78, 5) is 14.5. The third-order valence-corrected chi connectivity index (χ3v) is 4.01. The molecule has 0 aromatic carbocycles. The van der Waals surface area contributed by atoms with Crippen LogP contribution in [0.5, 0.6) is 0 Å². The molecule has 0 N–H and O–H groups in total. The van der Waals surface area contributed by atoms with Gasteiger partial charge in [-0.25, -0.2) is 0 Å². The standard InChI is InChI=1S/C14H25N3O/c1-7-11-9-12(17(6)15-11)10-13(18)14(3,8-2)16(4)5/h9H,7-8,10H2,1-6H3. The lowest BCUT2D eigenvalue weighted by Crippen LogP contribution is -2.48. The van der Waals surface area contributed by atoms with Crippen molar-refractivity contribution in [2.24, 2.45) is 7.05 Å². The Labute approximate surface area is 110 Å². The molecule has 1 aromatic heterocycles. The van der Waals surface area contributed by atoms with Gasteiger partial charge in [-0.15, -0.1) is 0 Å². The van der Waals surface area contributed by atoms with Gasteiger partial charge in [-0.1, -0.05) is 13.8 Å². The van der Waals surface area contributed by atoms with Gasteiger partial charge >= 0.3 is 0 Å². The smallest absolute Gasteiger partial charge is 0.158 e. The number of ketones is 1. The van der Waals surface area contributed by atoms with Gasteiger partial charge in [0.15, 0.2) is 5.78 Å². The summed E-state index contributed by atoms with van der Waals surface area (Å²) < 4.78 is 1.82. The van der Waals surface area contributed by atoms with E-state index in [4.69, 9.17) is 0 Å². The van der Waals surface area contributed by atoms with Crippen LogP contribution in [0.15, 0.2) is 6.07 Å². The van der Waals surface area contributed by atoms with Crippen molar-refractivity contribution in [1.29, 1.82) is 0 Å². The summed E-state index contributed by atoms with van der Waals surface area (Å²) in [5.41, 5.74) is 1.65. The maximum absolute atomic E-state index is 12.5. The van der Waals surface area contributed by atoms with Crippen LogP contribution in [0.2, 0.25) is 0 Å². The van der Waals surface area contributed by atoms with Crippen LogP contribution in [-0.2, 0) is 24.7 Å². The molecule has 0 saturated heterocycles. The van der Waals surface area contributed by atoms with E-state index in [2.05, 4.69) is 18.9 Å². The van der Waals surface area contributed by atoms with Crippen molar-refractivity contribution in [2.75, 3.05) is 14.1 Å². The lowest BCUT2D eigenvalue weighted by Gasteiger charge is -2.34. The number of carbonyl (C=O) groups is 1. The predicted octanol–water partition coefficient (Wildman–Crippen LogP) is 1.82. The molecular weight excluding hydrogens is 226 g/mol. The second-order valence-corrected chi connectivity index (χ2v) is 5.23. The first kappa shape index (κ1) is 14.9. The number of Topliss-reactive ketones (excluding diaryl/α,β-unsaturated/α-hetero) is 1. The molecule has 0 aliphatic carbocycles. The molecule has 1 heterocycles. The normalized spacial score (nSPS) is 14.8. The second kappa shape index (κ2) is 5.65.